The lowest BCUT2D eigenvalue weighted by atomic mass is 9.87. The maximum atomic E-state index is 12.5. The molecule has 0 bridgehead atoms. The van der Waals surface area contributed by atoms with Gasteiger partial charge in [-0.15, -0.1) is 0 Å². The van der Waals surface area contributed by atoms with E-state index in [1.807, 2.05) is 17.0 Å². The van der Waals surface area contributed by atoms with Crippen molar-refractivity contribution in [3.63, 3.8) is 0 Å². The number of nitrogens with zero attached hydrogens (tertiary/aromatic N) is 3. The average Bonchev–Trinajstić information content (AvgIpc) is 2.56. The van der Waals surface area contributed by atoms with Crippen molar-refractivity contribution >= 4 is 46.2 Å². The first kappa shape index (κ1) is 18.0. The fourth-order valence-electron chi connectivity index (χ4n) is 3.55. The van der Waals surface area contributed by atoms with E-state index in [0.29, 0.717) is 17.9 Å². The minimum absolute atomic E-state index is 0.193. The van der Waals surface area contributed by atoms with Crippen LogP contribution in [0.5, 0.6) is 0 Å². The Morgan fingerprint density at radius 3 is 2.72 bits per heavy atom. The highest BCUT2D eigenvalue weighted by atomic mass is 127. The molecule has 1 fully saturated rings. The topological polar surface area (TPSA) is 106 Å². The smallest absolute Gasteiger partial charge is 0.340 e. The molecule has 1 aliphatic heterocycles. The molecule has 0 radical (unpaired) electrons. The molecule has 8 heteroatoms. The quantitative estimate of drug-likeness (QED) is 0.539. The Morgan fingerprint density at radius 2 is 2.04 bits per heavy atom. The van der Waals surface area contributed by atoms with Gasteiger partial charge in [-0.05, 0) is 73.4 Å². The summed E-state index contributed by atoms with van der Waals surface area (Å²) in [7, 11) is 0. The molecule has 25 heavy (non-hydrogen) atoms. The van der Waals surface area contributed by atoms with E-state index in [4.69, 9.17) is 16.2 Å². The first-order chi connectivity index (χ1) is 12.0. The molecule has 1 spiro atoms. The number of nitrogens with two attached hydrogens (primary N) is 2. The van der Waals surface area contributed by atoms with Gasteiger partial charge in [0.2, 0.25) is 11.9 Å². The molecule has 0 aromatic heterocycles. The van der Waals surface area contributed by atoms with Gasteiger partial charge in [0.1, 0.15) is 5.66 Å². The van der Waals surface area contributed by atoms with E-state index in [9.17, 15) is 4.79 Å². The second-order valence-corrected chi connectivity index (χ2v) is 7.45. The lowest BCUT2D eigenvalue weighted by Crippen LogP contribution is -2.58. The third-order valence-corrected chi connectivity index (χ3v) is 5.22. The zero-order valence-corrected chi connectivity index (χ0v) is 16.3. The molecule has 0 amide bonds. The number of guanidine groups is 2. The maximum Gasteiger partial charge on any atom is 0.340 e. The summed E-state index contributed by atoms with van der Waals surface area (Å²) in [4.78, 5) is 23.2. The van der Waals surface area contributed by atoms with Crippen LogP contribution in [0.25, 0.3) is 0 Å². The van der Waals surface area contributed by atoms with Gasteiger partial charge in [0.05, 0.1) is 17.9 Å². The fraction of sp³-hybridized carbons (Fsp3) is 0.471. The van der Waals surface area contributed by atoms with Crippen LogP contribution < -0.4 is 16.4 Å². The van der Waals surface area contributed by atoms with Crippen LogP contribution in [0.2, 0.25) is 0 Å². The highest BCUT2D eigenvalue weighted by Gasteiger charge is 2.43. The molecule has 4 N–H and O–H groups in total. The highest BCUT2D eigenvalue weighted by Crippen LogP contribution is 2.40. The van der Waals surface area contributed by atoms with Crippen LogP contribution in [-0.2, 0) is 4.74 Å². The zero-order chi connectivity index (χ0) is 18.0. The van der Waals surface area contributed by atoms with Crippen molar-refractivity contribution in [3.8, 4) is 0 Å². The van der Waals surface area contributed by atoms with Gasteiger partial charge in [-0.1, -0.05) is 6.42 Å². The summed E-state index contributed by atoms with van der Waals surface area (Å²) in [5.41, 5.74) is 12.7. The molecule has 0 atom stereocenters. The maximum absolute atomic E-state index is 12.5. The van der Waals surface area contributed by atoms with Crippen LogP contribution in [0.15, 0.2) is 28.2 Å². The minimum Gasteiger partial charge on any atom is -0.462 e. The van der Waals surface area contributed by atoms with Crippen molar-refractivity contribution < 1.29 is 9.53 Å². The van der Waals surface area contributed by atoms with Crippen molar-refractivity contribution in [1.82, 2.24) is 0 Å². The summed E-state index contributed by atoms with van der Waals surface area (Å²) in [6.07, 6.45) is 4.84. The van der Waals surface area contributed by atoms with Crippen LogP contribution in [-0.4, -0.2) is 30.2 Å². The molecule has 7 nitrogen and oxygen atoms in total. The molecule has 1 aromatic carbocycles. The first-order valence-corrected chi connectivity index (χ1v) is 9.51. The van der Waals surface area contributed by atoms with Gasteiger partial charge in [-0.25, -0.2) is 9.79 Å². The third-order valence-electron chi connectivity index (χ3n) is 4.55. The number of anilines is 1. The van der Waals surface area contributed by atoms with Crippen molar-refractivity contribution in [2.24, 2.45) is 21.5 Å². The van der Waals surface area contributed by atoms with E-state index in [0.717, 1.165) is 35.7 Å². The van der Waals surface area contributed by atoms with Gasteiger partial charge < -0.3 is 16.2 Å². The number of ether oxygens (including phenoxy) is 1. The normalized spacial score (nSPS) is 19.4. The lowest BCUT2D eigenvalue weighted by molar-refractivity contribution is 0.0527. The van der Waals surface area contributed by atoms with Crippen LogP contribution in [0.3, 0.4) is 0 Å². The minimum atomic E-state index is -0.581. The van der Waals surface area contributed by atoms with Crippen LogP contribution >= 0.6 is 22.6 Å². The summed E-state index contributed by atoms with van der Waals surface area (Å²) in [6, 6.07) is 5.62. The highest BCUT2D eigenvalue weighted by molar-refractivity contribution is 14.1. The Hall–Kier alpha value is -1.84. The predicted molar refractivity (Wildman–Crippen MR) is 107 cm³/mol. The molecule has 1 heterocycles. The van der Waals surface area contributed by atoms with E-state index in [-0.39, 0.29) is 17.9 Å². The number of rotatable bonds is 3. The van der Waals surface area contributed by atoms with Crippen LogP contribution in [0.4, 0.5) is 5.69 Å². The van der Waals surface area contributed by atoms with Crippen molar-refractivity contribution in [2.45, 2.75) is 44.7 Å². The monoisotopic (exact) mass is 455 g/mol. The number of halogens is 1. The second-order valence-electron chi connectivity index (χ2n) is 6.20. The molecule has 0 unspecified atom stereocenters. The number of aliphatic imine (C=N–C) groups is 2. The van der Waals surface area contributed by atoms with E-state index < -0.39 is 5.66 Å². The molecule has 2 aliphatic rings. The number of carbonyl (C=O) groups excluding carboxylic acids is 1. The zero-order valence-electron chi connectivity index (χ0n) is 14.2. The van der Waals surface area contributed by atoms with E-state index in [2.05, 4.69) is 32.6 Å². The van der Waals surface area contributed by atoms with Crippen molar-refractivity contribution in [1.29, 1.82) is 0 Å². The van der Waals surface area contributed by atoms with Crippen LogP contribution in [0, 0.1) is 3.57 Å². The Kier molecular flexibility index (Phi) is 5.16. The summed E-state index contributed by atoms with van der Waals surface area (Å²) in [5.74, 6) is 0.0808. The molecular formula is C17H22IN5O2. The summed E-state index contributed by atoms with van der Waals surface area (Å²) >= 11 is 2.17. The Balaban J connectivity index is 2.13. The average molecular weight is 455 g/mol. The van der Waals surface area contributed by atoms with Crippen LogP contribution in [0.1, 0.15) is 49.4 Å². The predicted octanol–water partition coefficient (Wildman–Crippen LogP) is 2.58. The molecular weight excluding hydrogens is 433 g/mol. The van der Waals surface area contributed by atoms with E-state index in [1.54, 1.807) is 13.0 Å². The number of benzene rings is 1. The standard InChI is InChI=1S/C17H22IN5O2/c1-2-25-14(24)12-10-11(18)6-7-13(12)23-16(20)21-15(19)22-17(23)8-4-3-5-9-17/h6-7,10H,2-5,8-9H2,1H3,(H4,19,20,21,22). The fourth-order valence-corrected chi connectivity index (χ4v) is 4.04. The number of esters is 1. The SMILES string of the molecule is CCOC(=O)c1cc(I)ccc1N1C(N)=NC(N)=NC12CCCCC2. The summed E-state index contributed by atoms with van der Waals surface area (Å²) in [6.45, 7) is 2.10. The molecule has 1 saturated carbocycles. The Morgan fingerprint density at radius 1 is 1.32 bits per heavy atom. The van der Waals surface area contributed by atoms with Gasteiger partial charge >= 0.3 is 5.97 Å². The van der Waals surface area contributed by atoms with Crippen molar-refractivity contribution in [3.05, 3.63) is 27.3 Å². The number of hydrogen-bond acceptors (Lipinski definition) is 7. The van der Waals surface area contributed by atoms with Gasteiger partial charge in [0.25, 0.3) is 0 Å². The Labute approximate surface area is 160 Å². The molecule has 134 valence electrons. The van der Waals surface area contributed by atoms with Gasteiger partial charge in [-0.3, -0.25) is 4.90 Å². The summed E-state index contributed by atoms with van der Waals surface area (Å²) < 4.78 is 6.18. The summed E-state index contributed by atoms with van der Waals surface area (Å²) in [5, 5.41) is 0. The van der Waals surface area contributed by atoms with Crippen molar-refractivity contribution in [2.75, 3.05) is 11.5 Å². The molecule has 1 aliphatic carbocycles. The number of carbonyl (C=O) groups is 1. The van der Waals surface area contributed by atoms with Gasteiger partial charge in [0, 0.05) is 3.57 Å². The Bertz CT molecular complexity index is 741. The van der Waals surface area contributed by atoms with Gasteiger partial charge in [-0.2, -0.15) is 4.99 Å². The first-order valence-electron chi connectivity index (χ1n) is 8.43. The molecule has 3 rings (SSSR count). The van der Waals surface area contributed by atoms with Gasteiger partial charge in [0.15, 0.2) is 0 Å². The third kappa shape index (κ3) is 3.44. The second kappa shape index (κ2) is 7.19. The van der Waals surface area contributed by atoms with E-state index in [1.165, 1.54) is 0 Å². The number of hydrogen-bond donors (Lipinski definition) is 2. The van der Waals surface area contributed by atoms with E-state index >= 15 is 0 Å². The molecule has 1 aromatic rings. The lowest BCUT2D eigenvalue weighted by Gasteiger charge is -2.46. The molecule has 0 saturated heterocycles. The largest absolute Gasteiger partial charge is 0.462 e.